The van der Waals surface area contributed by atoms with Gasteiger partial charge in [-0.05, 0) is 55.5 Å². The Kier molecular flexibility index (Phi) is 6.02. The number of aryl methyl sites for hydroxylation is 1. The Labute approximate surface area is 205 Å². The van der Waals surface area contributed by atoms with Gasteiger partial charge in [0.05, 0.1) is 5.71 Å². The fraction of sp³-hybridized carbons (Fsp3) is 0.148. The summed E-state index contributed by atoms with van der Waals surface area (Å²) in [5, 5.41) is 9.40. The molecule has 0 radical (unpaired) electrons. The molecule has 34 heavy (non-hydrogen) atoms. The second kappa shape index (κ2) is 9.27. The molecule has 6 nitrogen and oxygen atoms in total. The quantitative estimate of drug-likeness (QED) is 0.316. The zero-order chi connectivity index (χ0) is 23.7. The maximum atomic E-state index is 13.2. The van der Waals surface area contributed by atoms with E-state index in [4.69, 9.17) is 4.42 Å². The maximum Gasteiger partial charge on any atom is 0.291 e. The molecule has 2 amide bonds. The van der Waals surface area contributed by atoms with Crippen LogP contribution in [0.5, 0.6) is 0 Å². The van der Waals surface area contributed by atoms with E-state index in [9.17, 15) is 9.59 Å². The van der Waals surface area contributed by atoms with Gasteiger partial charge in [-0.1, -0.05) is 52.3 Å². The summed E-state index contributed by atoms with van der Waals surface area (Å²) < 4.78 is 6.91. The Morgan fingerprint density at radius 2 is 1.71 bits per heavy atom. The molecule has 3 aromatic carbocycles. The van der Waals surface area contributed by atoms with Crippen LogP contribution in [0.15, 0.2) is 80.7 Å². The van der Waals surface area contributed by atoms with Crippen molar-refractivity contribution in [3.05, 3.63) is 99.4 Å². The summed E-state index contributed by atoms with van der Waals surface area (Å²) in [6.07, 6.45) is 2.24. The van der Waals surface area contributed by atoms with Crippen molar-refractivity contribution < 1.29 is 14.0 Å². The SMILES string of the molecule is Cc1c(C(=O)Nc2cccc3ccccc23)oc2c1/C(=N/NC(=O)c1ccc(Br)cc1)CCC2. The maximum absolute atomic E-state index is 13.2. The molecule has 1 aliphatic rings. The second-order valence-electron chi connectivity index (χ2n) is 8.20. The van der Waals surface area contributed by atoms with Crippen LogP contribution in [-0.2, 0) is 6.42 Å². The summed E-state index contributed by atoms with van der Waals surface area (Å²) in [7, 11) is 0. The number of anilines is 1. The highest BCUT2D eigenvalue weighted by Gasteiger charge is 2.28. The number of fused-ring (bicyclic) bond motifs is 2. The fourth-order valence-corrected chi connectivity index (χ4v) is 4.56. The van der Waals surface area contributed by atoms with Crippen LogP contribution in [-0.4, -0.2) is 17.5 Å². The highest BCUT2D eigenvalue weighted by Crippen LogP contribution is 2.31. The van der Waals surface area contributed by atoms with Gasteiger partial charge in [0.25, 0.3) is 11.8 Å². The van der Waals surface area contributed by atoms with Crippen LogP contribution in [0.2, 0.25) is 0 Å². The number of nitrogens with one attached hydrogen (secondary N) is 2. The number of nitrogens with zero attached hydrogens (tertiary/aromatic N) is 1. The van der Waals surface area contributed by atoms with Crippen molar-refractivity contribution in [3.8, 4) is 0 Å². The minimum atomic E-state index is -0.304. The van der Waals surface area contributed by atoms with Crippen molar-refractivity contribution in [3.63, 3.8) is 0 Å². The molecule has 4 aromatic rings. The largest absolute Gasteiger partial charge is 0.455 e. The highest BCUT2D eigenvalue weighted by molar-refractivity contribution is 9.10. The molecule has 0 aliphatic heterocycles. The molecule has 170 valence electrons. The van der Waals surface area contributed by atoms with Gasteiger partial charge in [-0.2, -0.15) is 5.10 Å². The first-order valence-electron chi connectivity index (χ1n) is 11.1. The fourth-order valence-electron chi connectivity index (χ4n) is 4.29. The second-order valence-corrected chi connectivity index (χ2v) is 9.11. The first-order chi connectivity index (χ1) is 16.5. The van der Waals surface area contributed by atoms with Gasteiger partial charge < -0.3 is 9.73 Å². The first-order valence-corrected chi connectivity index (χ1v) is 11.8. The molecule has 0 unspecified atom stereocenters. The smallest absolute Gasteiger partial charge is 0.291 e. The van der Waals surface area contributed by atoms with Crippen molar-refractivity contribution in [2.75, 3.05) is 5.32 Å². The lowest BCUT2D eigenvalue weighted by Gasteiger charge is -2.13. The molecular formula is C27H22BrN3O3. The Balaban J connectivity index is 1.40. The standard InChI is InChI=1S/C27H22BrN3O3/c1-16-24-22(30-31-26(32)18-12-14-19(28)15-13-18)10-5-11-23(24)34-25(16)27(33)29-21-9-4-7-17-6-2-3-8-20(17)21/h2-4,6-9,12-15H,5,10-11H2,1H3,(H,29,33)(H,31,32)/b30-22+. The van der Waals surface area contributed by atoms with Crippen LogP contribution < -0.4 is 10.7 Å². The summed E-state index contributed by atoms with van der Waals surface area (Å²) in [6.45, 7) is 1.86. The highest BCUT2D eigenvalue weighted by atomic mass is 79.9. The molecule has 0 saturated carbocycles. The molecule has 1 heterocycles. The predicted octanol–water partition coefficient (Wildman–Crippen LogP) is 6.23. The van der Waals surface area contributed by atoms with E-state index in [-0.39, 0.29) is 17.6 Å². The van der Waals surface area contributed by atoms with Crippen LogP contribution in [0, 0.1) is 6.92 Å². The Hall–Kier alpha value is -3.71. The van der Waals surface area contributed by atoms with Gasteiger partial charge in [-0.15, -0.1) is 0 Å². The van der Waals surface area contributed by atoms with Crippen molar-refractivity contribution in [2.45, 2.75) is 26.2 Å². The third-order valence-electron chi connectivity index (χ3n) is 5.97. The molecule has 0 bridgehead atoms. The molecule has 1 aliphatic carbocycles. The van der Waals surface area contributed by atoms with Gasteiger partial charge in [0.2, 0.25) is 0 Å². The number of halogens is 1. The minimum Gasteiger partial charge on any atom is -0.455 e. The van der Waals surface area contributed by atoms with E-state index >= 15 is 0 Å². The predicted molar refractivity (Wildman–Crippen MR) is 136 cm³/mol. The van der Waals surface area contributed by atoms with Crippen LogP contribution >= 0.6 is 15.9 Å². The van der Waals surface area contributed by atoms with Gasteiger partial charge >= 0.3 is 0 Å². The van der Waals surface area contributed by atoms with Gasteiger partial charge in [0.15, 0.2) is 5.76 Å². The number of furan rings is 1. The van der Waals surface area contributed by atoms with Crippen LogP contribution in [0.25, 0.3) is 10.8 Å². The van der Waals surface area contributed by atoms with Gasteiger partial charge in [0, 0.05) is 38.7 Å². The van der Waals surface area contributed by atoms with Gasteiger partial charge in [0.1, 0.15) is 5.76 Å². The molecule has 1 aromatic heterocycles. The monoisotopic (exact) mass is 515 g/mol. The number of hydrazone groups is 1. The third kappa shape index (κ3) is 4.26. The lowest BCUT2D eigenvalue weighted by molar-refractivity contribution is 0.0953. The molecule has 7 heteroatoms. The molecule has 5 rings (SSSR count). The molecule has 0 fully saturated rings. The lowest BCUT2D eigenvalue weighted by Crippen LogP contribution is -2.22. The number of carbonyl (C=O) groups is 2. The lowest BCUT2D eigenvalue weighted by atomic mass is 9.93. The van der Waals surface area contributed by atoms with Crippen LogP contribution in [0.3, 0.4) is 0 Å². The number of hydrogen-bond acceptors (Lipinski definition) is 4. The zero-order valence-electron chi connectivity index (χ0n) is 18.5. The van der Waals surface area contributed by atoms with E-state index in [0.717, 1.165) is 56.4 Å². The number of rotatable bonds is 4. The summed E-state index contributed by atoms with van der Waals surface area (Å²) in [5.41, 5.74) is 6.15. The van der Waals surface area contributed by atoms with Crippen molar-refractivity contribution in [1.82, 2.24) is 5.43 Å². The summed E-state index contributed by atoms with van der Waals surface area (Å²) in [6, 6.07) is 20.8. The number of amides is 2. The number of carbonyl (C=O) groups excluding carboxylic acids is 2. The third-order valence-corrected chi connectivity index (χ3v) is 6.50. The van der Waals surface area contributed by atoms with E-state index in [2.05, 4.69) is 31.8 Å². The number of hydrogen-bond donors (Lipinski definition) is 2. The summed E-state index contributed by atoms with van der Waals surface area (Å²) >= 11 is 3.37. The summed E-state index contributed by atoms with van der Waals surface area (Å²) in [5.74, 6) is 0.402. The first kappa shape index (κ1) is 22.1. The van der Waals surface area contributed by atoms with Crippen LogP contribution in [0.1, 0.15) is 50.6 Å². The van der Waals surface area contributed by atoms with Gasteiger partial charge in [-0.3, -0.25) is 9.59 Å². The average molecular weight is 516 g/mol. The van der Waals surface area contributed by atoms with E-state index < -0.39 is 0 Å². The Morgan fingerprint density at radius 3 is 2.53 bits per heavy atom. The van der Waals surface area contributed by atoms with E-state index in [1.165, 1.54) is 0 Å². The van der Waals surface area contributed by atoms with Crippen LogP contribution in [0.4, 0.5) is 5.69 Å². The minimum absolute atomic E-state index is 0.270. The van der Waals surface area contributed by atoms with Crippen molar-refractivity contribution in [1.29, 1.82) is 0 Å². The molecule has 0 atom stereocenters. The van der Waals surface area contributed by atoms with E-state index in [1.807, 2.05) is 61.5 Å². The normalized spacial score (nSPS) is 14.1. The molecular weight excluding hydrogens is 494 g/mol. The van der Waals surface area contributed by atoms with Crippen molar-refractivity contribution in [2.24, 2.45) is 5.10 Å². The summed E-state index contributed by atoms with van der Waals surface area (Å²) in [4.78, 5) is 25.7. The molecule has 2 N–H and O–H groups in total. The molecule has 0 saturated heterocycles. The van der Waals surface area contributed by atoms with Crippen molar-refractivity contribution >= 4 is 49.9 Å². The average Bonchev–Trinajstić information content (AvgIpc) is 3.20. The molecule has 0 spiro atoms. The Morgan fingerprint density at radius 1 is 0.941 bits per heavy atom. The van der Waals surface area contributed by atoms with E-state index in [0.29, 0.717) is 12.0 Å². The van der Waals surface area contributed by atoms with E-state index in [1.54, 1.807) is 12.1 Å². The zero-order valence-corrected chi connectivity index (χ0v) is 20.1. The topological polar surface area (TPSA) is 83.7 Å². The van der Waals surface area contributed by atoms with Gasteiger partial charge in [-0.25, -0.2) is 5.43 Å². The number of benzene rings is 3. The Bertz CT molecular complexity index is 1430.